The number of alkyl halides is 3. The molecule has 0 unspecified atom stereocenters. The molecule has 1 aromatic carbocycles. The molecule has 9 heteroatoms. The molecule has 1 rings (SSSR count). The molecule has 0 bridgehead atoms. The smallest absolute Gasteiger partial charge is 0.356 e. The van der Waals surface area contributed by atoms with Crippen molar-refractivity contribution in [1.29, 1.82) is 0 Å². The zero-order valence-corrected chi connectivity index (χ0v) is 14.2. The van der Waals surface area contributed by atoms with Crippen LogP contribution in [0.4, 0.5) is 13.2 Å². The lowest BCUT2D eigenvalue weighted by molar-refractivity contribution is -0.157. The Hall–Kier alpha value is -1.96. The monoisotopic (exact) mass is 364 g/mol. The molecule has 0 spiro atoms. The van der Waals surface area contributed by atoms with Crippen molar-refractivity contribution in [1.82, 2.24) is 15.5 Å². The van der Waals surface area contributed by atoms with Crippen LogP contribution in [0.25, 0.3) is 0 Å². The summed E-state index contributed by atoms with van der Waals surface area (Å²) < 4.78 is 36.7. The number of nitrogens with one attached hydrogen (secondary N) is 2. The molecular weight excluding hydrogens is 345 g/mol. The molecule has 0 fully saturated rings. The van der Waals surface area contributed by atoms with E-state index in [1.54, 1.807) is 6.07 Å². The van der Waals surface area contributed by atoms with Crippen LogP contribution in [0.2, 0.25) is 5.02 Å². The van der Waals surface area contributed by atoms with Crippen molar-refractivity contribution >= 4 is 23.5 Å². The van der Waals surface area contributed by atoms with Gasteiger partial charge in [-0.2, -0.15) is 13.2 Å². The maximum atomic E-state index is 12.2. The summed E-state index contributed by atoms with van der Waals surface area (Å²) in [6.45, 7) is -1.02. The lowest BCUT2D eigenvalue weighted by Gasteiger charge is -2.20. The van der Waals surface area contributed by atoms with E-state index in [0.29, 0.717) is 28.8 Å². The van der Waals surface area contributed by atoms with Crippen LogP contribution in [0.3, 0.4) is 0 Å². The number of aliphatic imine (C=N–C) groups is 1. The van der Waals surface area contributed by atoms with Gasteiger partial charge in [-0.05, 0) is 24.1 Å². The first-order valence-electron chi connectivity index (χ1n) is 7.21. The summed E-state index contributed by atoms with van der Waals surface area (Å²) in [5, 5.41) is 6.32. The van der Waals surface area contributed by atoms with E-state index in [4.69, 9.17) is 11.6 Å². The minimum absolute atomic E-state index is 0.274. The maximum absolute atomic E-state index is 12.2. The predicted octanol–water partition coefficient (Wildman–Crippen LogP) is 2.07. The number of halogens is 4. The van der Waals surface area contributed by atoms with E-state index in [0.717, 1.165) is 12.6 Å². The zero-order valence-electron chi connectivity index (χ0n) is 13.5. The van der Waals surface area contributed by atoms with Gasteiger partial charge in [0.2, 0.25) is 5.91 Å². The van der Waals surface area contributed by atoms with Crippen molar-refractivity contribution in [3.05, 3.63) is 34.9 Å². The number of likely N-dealkylation sites (N-methyl/N-ethyl adjacent to an activating group) is 1. The zero-order chi connectivity index (χ0) is 18.2. The summed E-state index contributed by atoms with van der Waals surface area (Å²) >= 11 is 5.89. The van der Waals surface area contributed by atoms with Crippen LogP contribution in [-0.2, 0) is 11.2 Å². The highest BCUT2D eigenvalue weighted by Crippen LogP contribution is 2.15. The number of amides is 1. The van der Waals surface area contributed by atoms with Gasteiger partial charge < -0.3 is 15.5 Å². The van der Waals surface area contributed by atoms with Crippen molar-refractivity contribution in [2.45, 2.75) is 12.6 Å². The topological polar surface area (TPSA) is 56.7 Å². The number of nitrogens with zero attached hydrogens (tertiary/aromatic N) is 2. The van der Waals surface area contributed by atoms with Crippen molar-refractivity contribution in [2.75, 3.05) is 33.7 Å². The average Bonchev–Trinajstić information content (AvgIpc) is 2.48. The summed E-state index contributed by atoms with van der Waals surface area (Å²) in [7, 11) is 2.62. The molecule has 2 N–H and O–H groups in total. The molecule has 0 atom stereocenters. The van der Waals surface area contributed by atoms with E-state index < -0.39 is 18.6 Å². The molecule has 0 saturated carbocycles. The van der Waals surface area contributed by atoms with Crippen LogP contribution in [-0.4, -0.2) is 56.7 Å². The summed E-state index contributed by atoms with van der Waals surface area (Å²) in [5.41, 5.74) is 1.03. The number of carbonyl (C=O) groups excluding carboxylic acids is 1. The van der Waals surface area contributed by atoms with Crippen molar-refractivity contribution < 1.29 is 18.0 Å². The maximum Gasteiger partial charge on any atom is 0.406 e. The van der Waals surface area contributed by atoms with Gasteiger partial charge in [0.15, 0.2) is 5.96 Å². The second-order valence-electron chi connectivity index (χ2n) is 5.10. The molecule has 1 aromatic rings. The number of hydrogen-bond acceptors (Lipinski definition) is 2. The molecule has 5 nitrogen and oxygen atoms in total. The fraction of sp³-hybridized carbons (Fsp3) is 0.467. The summed E-state index contributed by atoms with van der Waals surface area (Å²) in [4.78, 5) is 16.2. The molecule has 0 aliphatic heterocycles. The fourth-order valence-corrected chi connectivity index (χ4v) is 2.10. The summed E-state index contributed by atoms with van der Waals surface area (Å²) in [5.74, 6) is -0.337. The Balaban J connectivity index is 2.36. The van der Waals surface area contributed by atoms with Gasteiger partial charge >= 0.3 is 6.18 Å². The number of benzene rings is 1. The third-order valence-electron chi connectivity index (χ3n) is 3.07. The number of hydrogen-bond donors (Lipinski definition) is 2. The van der Waals surface area contributed by atoms with Gasteiger partial charge in [0, 0.05) is 25.7 Å². The highest BCUT2D eigenvalue weighted by Gasteiger charge is 2.31. The molecule has 0 heterocycles. The SMILES string of the molecule is CN=C(NCCc1cccc(Cl)c1)NCC(=O)N(C)CC(F)(F)F. The normalized spacial score (nSPS) is 12.0. The first kappa shape index (κ1) is 20.1. The molecule has 0 aromatic heterocycles. The van der Waals surface area contributed by atoms with E-state index in [1.165, 1.54) is 7.05 Å². The van der Waals surface area contributed by atoms with E-state index in [9.17, 15) is 18.0 Å². The lowest BCUT2D eigenvalue weighted by atomic mass is 10.1. The Morgan fingerprint density at radius 3 is 2.62 bits per heavy atom. The van der Waals surface area contributed by atoms with Gasteiger partial charge in [-0.15, -0.1) is 0 Å². The third kappa shape index (κ3) is 8.05. The molecular formula is C15H20ClF3N4O. The average molecular weight is 365 g/mol. The quantitative estimate of drug-likeness (QED) is 0.600. The second-order valence-corrected chi connectivity index (χ2v) is 5.53. The first-order chi connectivity index (χ1) is 11.2. The minimum Gasteiger partial charge on any atom is -0.356 e. The molecule has 0 aliphatic rings. The van der Waals surface area contributed by atoms with E-state index in [1.807, 2.05) is 18.2 Å². The van der Waals surface area contributed by atoms with Crippen LogP contribution in [0.5, 0.6) is 0 Å². The van der Waals surface area contributed by atoms with Crippen molar-refractivity contribution in [3.8, 4) is 0 Å². The van der Waals surface area contributed by atoms with Crippen molar-refractivity contribution in [2.24, 2.45) is 4.99 Å². The minimum atomic E-state index is -4.42. The van der Waals surface area contributed by atoms with E-state index in [2.05, 4.69) is 15.6 Å². The molecule has 24 heavy (non-hydrogen) atoms. The third-order valence-corrected chi connectivity index (χ3v) is 3.30. The van der Waals surface area contributed by atoms with Gasteiger partial charge in [-0.1, -0.05) is 23.7 Å². The number of rotatable bonds is 6. The van der Waals surface area contributed by atoms with Gasteiger partial charge in [0.25, 0.3) is 0 Å². The van der Waals surface area contributed by atoms with E-state index in [-0.39, 0.29) is 6.54 Å². The second kappa shape index (κ2) is 9.36. The molecule has 134 valence electrons. The fourth-order valence-electron chi connectivity index (χ4n) is 1.89. The molecule has 0 saturated heterocycles. The Kier molecular flexibility index (Phi) is 7.84. The highest BCUT2D eigenvalue weighted by molar-refractivity contribution is 6.30. The lowest BCUT2D eigenvalue weighted by Crippen LogP contribution is -2.45. The van der Waals surface area contributed by atoms with Crippen molar-refractivity contribution in [3.63, 3.8) is 0 Å². The predicted molar refractivity (Wildman–Crippen MR) is 88.2 cm³/mol. The molecule has 0 aliphatic carbocycles. The van der Waals surface area contributed by atoms with Crippen LogP contribution < -0.4 is 10.6 Å². The van der Waals surface area contributed by atoms with Gasteiger partial charge in [0.05, 0.1) is 6.54 Å². The van der Waals surface area contributed by atoms with Crippen LogP contribution >= 0.6 is 11.6 Å². The summed E-state index contributed by atoms with van der Waals surface area (Å²) in [6.07, 6.45) is -3.73. The standard InChI is InChI=1S/C15H20ClF3N4O/c1-20-14(21-7-6-11-4-3-5-12(16)8-11)22-9-13(24)23(2)10-15(17,18)19/h3-5,8H,6-7,9-10H2,1-2H3,(H2,20,21,22). The Morgan fingerprint density at radius 1 is 1.33 bits per heavy atom. The van der Waals surface area contributed by atoms with Gasteiger partial charge in [-0.3, -0.25) is 9.79 Å². The number of guanidine groups is 1. The van der Waals surface area contributed by atoms with Crippen LogP contribution in [0.15, 0.2) is 29.3 Å². The molecule has 1 amide bonds. The largest absolute Gasteiger partial charge is 0.406 e. The van der Waals surface area contributed by atoms with Crippen LogP contribution in [0, 0.1) is 0 Å². The van der Waals surface area contributed by atoms with Gasteiger partial charge in [-0.25, -0.2) is 0 Å². The van der Waals surface area contributed by atoms with Gasteiger partial charge in [0.1, 0.15) is 6.54 Å². The summed E-state index contributed by atoms with van der Waals surface area (Å²) in [6, 6.07) is 7.40. The molecule has 0 radical (unpaired) electrons. The highest BCUT2D eigenvalue weighted by atomic mass is 35.5. The Morgan fingerprint density at radius 2 is 2.04 bits per heavy atom. The Labute approximate surface area is 143 Å². The van der Waals surface area contributed by atoms with E-state index >= 15 is 0 Å². The van der Waals surface area contributed by atoms with Crippen LogP contribution in [0.1, 0.15) is 5.56 Å². The number of carbonyl (C=O) groups is 1. The first-order valence-corrected chi connectivity index (χ1v) is 7.59. The Bertz CT molecular complexity index is 578.